The smallest absolute Gasteiger partial charge is 0.326 e. The van der Waals surface area contributed by atoms with Gasteiger partial charge in [0.1, 0.15) is 12.1 Å². The summed E-state index contributed by atoms with van der Waals surface area (Å²) in [7, 11) is 0. The fourth-order valence-corrected chi connectivity index (χ4v) is 4.55. The molecule has 0 fully saturated rings. The number of hydrogen-bond donors (Lipinski definition) is 8. The maximum absolute atomic E-state index is 12.9. The van der Waals surface area contributed by atoms with Crippen LogP contribution in [-0.2, 0) is 36.8 Å². The zero-order valence-electron chi connectivity index (χ0n) is 21.8. The van der Waals surface area contributed by atoms with Gasteiger partial charge in [0.2, 0.25) is 17.7 Å². The summed E-state index contributed by atoms with van der Waals surface area (Å²) in [4.78, 5) is 67.3. The van der Waals surface area contributed by atoms with E-state index in [1.807, 2.05) is 36.4 Å². The number of carbonyl (C=O) groups is 5. The molecule has 214 valence electrons. The molecule has 41 heavy (non-hydrogen) atoms. The first-order valence-corrected chi connectivity index (χ1v) is 12.8. The van der Waals surface area contributed by atoms with Crippen LogP contribution in [0.4, 0.5) is 0 Å². The van der Waals surface area contributed by atoms with Gasteiger partial charge in [-0.3, -0.25) is 19.2 Å². The van der Waals surface area contributed by atoms with Crippen molar-refractivity contribution in [3.05, 3.63) is 72.1 Å². The summed E-state index contributed by atoms with van der Waals surface area (Å²) in [5.74, 6) is -5.17. The molecule has 2 aromatic carbocycles. The molecule has 3 atom stereocenters. The minimum Gasteiger partial charge on any atom is -0.481 e. The van der Waals surface area contributed by atoms with Gasteiger partial charge in [-0.05, 0) is 29.7 Å². The predicted octanol–water partition coefficient (Wildman–Crippen LogP) is 0.407. The third kappa shape index (κ3) is 7.28. The quantitative estimate of drug-likeness (QED) is 0.114. The van der Waals surface area contributed by atoms with Crippen molar-refractivity contribution in [2.24, 2.45) is 5.73 Å². The minimum absolute atomic E-state index is 0.0802. The topological polar surface area (TPSA) is 219 Å². The molecule has 2 aromatic heterocycles. The van der Waals surface area contributed by atoms with Crippen LogP contribution in [0.1, 0.15) is 17.5 Å². The number of aromatic amines is 2. The van der Waals surface area contributed by atoms with E-state index < -0.39 is 60.8 Å². The number of fused-ring (bicyclic) bond motifs is 2. The Bertz CT molecular complexity index is 1590. The number of amides is 3. The van der Waals surface area contributed by atoms with Gasteiger partial charge in [0.15, 0.2) is 0 Å². The molecular formula is C28H30N6O7. The van der Waals surface area contributed by atoms with E-state index in [0.717, 1.165) is 27.4 Å². The normalized spacial score (nSPS) is 13.3. The molecule has 4 rings (SSSR count). The number of carboxylic acid groups (broad SMARTS) is 2. The lowest BCUT2D eigenvalue weighted by Crippen LogP contribution is -2.54. The standard InChI is InChI=1S/C28H30N6O7/c29-19(9-15-12-30-20-7-3-1-5-17(15)20)26(38)32-14-24(35)33-22(11-25(36)37)27(39)34-23(28(40)41)10-16-13-31-21-8-4-2-6-18(16)21/h1-8,12-13,19,22-23,30-31H,9-11,14,29H2,(H,32,38)(H,33,35)(H,34,39)(H,36,37)(H,40,41). The van der Waals surface area contributed by atoms with Gasteiger partial charge in [-0.15, -0.1) is 0 Å². The number of aromatic nitrogens is 2. The number of nitrogens with two attached hydrogens (primary N) is 1. The highest BCUT2D eigenvalue weighted by Gasteiger charge is 2.29. The number of hydrogen-bond acceptors (Lipinski definition) is 6. The molecule has 3 amide bonds. The van der Waals surface area contributed by atoms with Crippen LogP contribution < -0.4 is 21.7 Å². The van der Waals surface area contributed by atoms with Gasteiger partial charge in [-0.1, -0.05) is 36.4 Å². The van der Waals surface area contributed by atoms with Crippen LogP contribution in [0.25, 0.3) is 21.8 Å². The van der Waals surface area contributed by atoms with Crippen molar-refractivity contribution in [3.8, 4) is 0 Å². The van der Waals surface area contributed by atoms with Gasteiger partial charge in [0.25, 0.3) is 0 Å². The Kier molecular flexibility index (Phi) is 8.99. The van der Waals surface area contributed by atoms with Gasteiger partial charge in [0, 0.05) is 40.6 Å². The molecule has 0 aliphatic rings. The molecule has 9 N–H and O–H groups in total. The number of H-pyrrole nitrogens is 2. The molecule has 0 bridgehead atoms. The van der Waals surface area contributed by atoms with E-state index in [0.29, 0.717) is 5.56 Å². The first-order chi connectivity index (χ1) is 19.6. The number of carbonyl (C=O) groups excluding carboxylic acids is 3. The highest BCUT2D eigenvalue weighted by molar-refractivity contribution is 5.95. The Labute approximate surface area is 233 Å². The Morgan fingerprint density at radius 2 is 1.32 bits per heavy atom. The maximum Gasteiger partial charge on any atom is 0.326 e. The second kappa shape index (κ2) is 12.8. The molecule has 0 radical (unpaired) electrons. The number of aliphatic carboxylic acids is 2. The van der Waals surface area contributed by atoms with Crippen molar-refractivity contribution in [1.82, 2.24) is 25.9 Å². The fourth-order valence-electron chi connectivity index (χ4n) is 4.55. The van der Waals surface area contributed by atoms with Crippen molar-refractivity contribution >= 4 is 51.5 Å². The Morgan fingerprint density at radius 3 is 1.88 bits per heavy atom. The lowest BCUT2D eigenvalue weighted by Gasteiger charge is -2.21. The van der Waals surface area contributed by atoms with Gasteiger partial charge < -0.3 is 41.9 Å². The van der Waals surface area contributed by atoms with Crippen LogP contribution in [0, 0.1) is 0 Å². The molecule has 0 aliphatic carbocycles. The molecule has 13 nitrogen and oxygen atoms in total. The van der Waals surface area contributed by atoms with E-state index in [2.05, 4.69) is 25.9 Å². The Morgan fingerprint density at radius 1 is 0.756 bits per heavy atom. The van der Waals surface area contributed by atoms with E-state index in [9.17, 15) is 34.2 Å². The van der Waals surface area contributed by atoms with Crippen LogP contribution in [-0.4, -0.2) is 74.5 Å². The minimum atomic E-state index is -1.58. The Hall–Kier alpha value is -5.17. The molecule has 13 heteroatoms. The number of para-hydroxylation sites is 2. The molecule has 3 unspecified atom stereocenters. The van der Waals surface area contributed by atoms with E-state index >= 15 is 0 Å². The molecule has 0 saturated heterocycles. The highest BCUT2D eigenvalue weighted by Crippen LogP contribution is 2.20. The van der Waals surface area contributed by atoms with Crippen LogP contribution in [0.15, 0.2) is 60.9 Å². The molecule has 4 aromatic rings. The van der Waals surface area contributed by atoms with E-state index in [4.69, 9.17) is 5.73 Å². The fraction of sp³-hybridized carbons (Fsp3) is 0.250. The molecule has 0 aliphatic heterocycles. The molecule has 0 saturated carbocycles. The summed E-state index contributed by atoms with van der Waals surface area (Å²) >= 11 is 0. The van der Waals surface area contributed by atoms with Crippen LogP contribution in [0.3, 0.4) is 0 Å². The lowest BCUT2D eigenvalue weighted by atomic mass is 10.0. The van der Waals surface area contributed by atoms with E-state index in [-0.39, 0.29) is 12.8 Å². The van der Waals surface area contributed by atoms with Gasteiger partial charge >= 0.3 is 11.9 Å². The van der Waals surface area contributed by atoms with Crippen LogP contribution in [0.5, 0.6) is 0 Å². The lowest BCUT2D eigenvalue weighted by molar-refractivity contribution is -0.143. The van der Waals surface area contributed by atoms with Gasteiger partial charge in [-0.25, -0.2) is 4.79 Å². The first-order valence-electron chi connectivity index (χ1n) is 12.8. The second-order valence-electron chi connectivity index (χ2n) is 9.57. The summed E-state index contributed by atoms with van der Waals surface area (Å²) in [6.45, 7) is -0.568. The third-order valence-electron chi connectivity index (χ3n) is 6.62. The maximum atomic E-state index is 12.9. The van der Waals surface area contributed by atoms with Crippen LogP contribution in [0.2, 0.25) is 0 Å². The van der Waals surface area contributed by atoms with Crippen molar-refractivity contribution in [2.45, 2.75) is 37.4 Å². The average molecular weight is 563 g/mol. The predicted molar refractivity (Wildman–Crippen MR) is 149 cm³/mol. The SMILES string of the molecule is NC(Cc1c[nH]c2ccccc12)C(=O)NCC(=O)NC(CC(=O)O)C(=O)NC(Cc1c[nH]c2ccccc12)C(=O)O. The molecule has 2 heterocycles. The molecular weight excluding hydrogens is 532 g/mol. The van der Waals surface area contributed by atoms with E-state index in [1.54, 1.807) is 24.5 Å². The number of rotatable bonds is 13. The van der Waals surface area contributed by atoms with Crippen molar-refractivity contribution in [2.75, 3.05) is 6.54 Å². The van der Waals surface area contributed by atoms with E-state index in [1.165, 1.54) is 0 Å². The summed E-state index contributed by atoms with van der Waals surface area (Å²) < 4.78 is 0. The van der Waals surface area contributed by atoms with Crippen molar-refractivity contribution < 1.29 is 34.2 Å². The highest BCUT2D eigenvalue weighted by atomic mass is 16.4. The van der Waals surface area contributed by atoms with Crippen molar-refractivity contribution in [3.63, 3.8) is 0 Å². The Balaban J connectivity index is 1.33. The second-order valence-corrected chi connectivity index (χ2v) is 9.57. The zero-order chi connectivity index (χ0) is 29.5. The first kappa shape index (κ1) is 28.8. The summed E-state index contributed by atoms with van der Waals surface area (Å²) in [6.07, 6.45) is 2.71. The molecule has 0 spiro atoms. The number of nitrogens with one attached hydrogen (secondary N) is 5. The number of benzene rings is 2. The van der Waals surface area contributed by atoms with Gasteiger partial charge in [-0.2, -0.15) is 0 Å². The zero-order valence-corrected chi connectivity index (χ0v) is 21.8. The monoisotopic (exact) mass is 562 g/mol. The summed E-state index contributed by atoms with van der Waals surface area (Å²) in [5, 5.41) is 27.6. The number of carboxylic acids is 2. The van der Waals surface area contributed by atoms with Gasteiger partial charge in [0.05, 0.1) is 19.0 Å². The van der Waals surface area contributed by atoms with Crippen molar-refractivity contribution in [1.29, 1.82) is 0 Å². The summed E-state index contributed by atoms with van der Waals surface area (Å²) in [6, 6.07) is 10.8. The van der Waals surface area contributed by atoms with Crippen LogP contribution >= 0.6 is 0 Å². The summed E-state index contributed by atoms with van der Waals surface area (Å²) in [5.41, 5.74) is 9.16. The largest absolute Gasteiger partial charge is 0.481 e. The third-order valence-corrected chi connectivity index (χ3v) is 6.62. The average Bonchev–Trinajstić information content (AvgIpc) is 3.54.